The first-order chi connectivity index (χ1) is 15.2. The topological polar surface area (TPSA) is 74.9 Å². The van der Waals surface area contributed by atoms with Gasteiger partial charge in [-0.25, -0.2) is 4.99 Å². The van der Waals surface area contributed by atoms with Crippen LogP contribution in [0.1, 0.15) is 27.2 Å². The standard InChI is InChI=1S/C23H18F3N3O3/c1-15-8-5-6-12-18(15)20(30)28-22(23(24,25)26)21(31)29(14-17-11-7-13-32-17)19(27-22)16-9-3-2-4-10-16/h2-13H,14H2,1H3,(H,28,30). The first-order valence-corrected chi connectivity index (χ1v) is 9.67. The van der Waals surface area contributed by atoms with Crippen molar-refractivity contribution in [3.63, 3.8) is 0 Å². The van der Waals surface area contributed by atoms with Crippen LogP contribution in [-0.4, -0.2) is 34.4 Å². The number of aliphatic imine (C=N–C) groups is 1. The quantitative estimate of drug-likeness (QED) is 0.649. The minimum absolute atomic E-state index is 0.0184. The van der Waals surface area contributed by atoms with Crippen LogP contribution < -0.4 is 5.32 Å². The fourth-order valence-corrected chi connectivity index (χ4v) is 3.47. The molecule has 2 aromatic carbocycles. The Balaban J connectivity index is 1.82. The van der Waals surface area contributed by atoms with Crippen molar-refractivity contribution in [1.82, 2.24) is 10.2 Å². The van der Waals surface area contributed by atoms with E-state index in [1.807, 2.05) is 5.32 Å². The maximum absolute atomic E-state index is 14.4. The molecule has 6 nitrogen and oxygen atoms in total. The fourth-order valence-electron chi connectivity index (χ4n) is 3.47. The van der Waals surface area contributed by atoms with E-state index in [2.05, 4.69) is 4.99 Å². The van der Waals surface area contributed by atoms with Gasteiger partial charge in [0.25, 0.3) is 11.8 Å². The van der Waals surface area contributed by atoms with Gasteiger partial charge in [0.05, 0.1) is 12.8 Å². The molecule has 1 aliphatic rings. The van der Waals surface area contributed by atoms with E-state index in [0.29, 0.717) is 11.1 Å². The molecule has 1 atom stereocenters. The Bertz CT molecular complexity index is 1170. The molecule has 0 radical (unpaired) electrons. The van der Waals surface area contributed by atoms with Crippen LogP contribution in [0.3, 0.4) is 0 Å². The summed E-state index contributed by atoms with van der Waals surface area (Å²) in [5.41, 5.74) is -2.69. The summed E-state index contributed by atoms with van der Waals surface area (Å²) in [4.78, 5) is 30.8. The highest BCUT2D eigenvalue weighted by Gasteiger charge is 2.67. The molecule has 9 heteroatoms. The van der Waals surface area contributed by atoms with E-state index < -0.39 is 23.7 Å². The van der Waals surface area contributed by atoms with Gasteiger partial charge in [0.2, 0.25) is 0 Å². The molecule has 0 bridgehead atoms. The van der Waals surface area contributed by atoms with Crippen molar-refractivity contribution in [2.75, 3.05) is 0 Å². The molecule has 1 aromatic heterocycles. The molecular weight excluding hydrogens is 423 g/mol. The van der Waals surface area contributed by atoms with E-state index in [1.165, 1.54) is 36.6 Å². The molecule has 32 heavy (non-hydrogen) atoms. The molecule has 1 unspecified atom stereocenters. The van der Waals surface area contributed by atoms with Crippen molar-refractivity contribution >= 4 is 17.6 Å². The molecule has 164 valence electrons. The van der Waals surface area contributed by atoms with E-state index in [9.17, 15) is 22.8 Å². The monoisotopic (exact) mass is 441 g/mol. The fraction of sp³-hybridized carbons (Fsp3) is 0.174. The van der Waals surface area contributed by atoms with Crippen LogP contribution >= 0.6 is 0 Å². The highest BCUT2D eigenvalue weighted by Crippen LogP contribution is 2.39. The number of rotatable bonds is 5. The smallest absolute Gasteiger partial charge is 0.442 e. The predicted molar refractivity (Wildman–Crippen MR) is 110 cm³/mol. The summed E-state index contributed by atoms with van der Waals surface area (Å²) in [6.07, 6.45) is -3.84. The maximum atomic E-state index is 14.4. The lowest BCUT2D eigenvalue weighted by Gasteiger charge is -2.29. The zero-order chi connectivity index (χ0) is 22.9. The molecule has 3 aromatic rings. The normalized spacial score (nSPS) is 18.6. The largest absolute Gasteiger partial charge is 0.467 e. The van der Waals surface area contributed by atoms with E-state index in [0.717, 1.165) is 4.90 Å². The number of aryl methyl sites for hydroxylation is 1. The molecule has 0 saturated heterocycles. The Morgan fingerprint density at radius 1 is 1.06 bits per heavy atom. The zero-order valence-corrected chi connectivity index (χ0v) is 16.9. The second-order valence-electron chi connectivity index (χ2n) is 7.25. The Morgan fingerprint density at radius 3 is 2.38 bits per heavy atom. The number of halogens is 3. The molecule has 1 aliphatic heterocycles. The number of nitrogens with zero attached hydrogens (tertiary/aromatic N) is 2. The highest BCUT2D eigenvalue weighted by atomic mass is 19.4. The summed E-state index contributed by atoms with van der Waals surface area (Å²) in [5, 5.41) is 1.88. The summed E-state index contributed by atoms with van der Waals surface area (Å²) in [6, 6.07) is 17.3. The Morgan fingerprint density at radius 2 is 1.75 bits per heavy atom. The summed E-state index contributed by atoms with van der Waals surface area (Å²) in [7, 11) is 0. The van der Waals surface area contributed by atoms with E-state index in [1.54, 1.807) is 43.3 Å². The number of carbonyl (C=O) groups excluding carboxylic acids is 2. The van der Waals surface area contributed by atoms with E-state index in [-0.39, 0.29) is 23.7 Å². The van der Waals surface area contributed by atoms with Crippen molar-refractivity contribution < 1.29 is 27.2 Å². The first kappa shape index (κ1) is 21.4. The second-order valence-corrected chi connectivity index (χ2v) is 7.25. The zero-order valence-electron chi connectivity index (χ0n) is 16.9. The van der Waals surface area contributed by atoms with Gasteiger partial charge in [-0.15, -0.1) is 0 Å². The van der Waals surface area contributed by atoms with Gasteiger partial charge in [-0.1, -0.05) is 48.5 Å². The van der Waals surface area contributed by atoms with Crippen LogP contribution in [0, 0.1) is 6.92 Å². The highest BCUT2D eigenvalue weighted by molar-refractivity contribution is 6.16. The second kappa shape index (κ2) is 7.99. The number of nitrogens with one attached hydrogen (secondary N) is 1. The van der Waals surface area contributed by atoms with Gasteiger partial charge in [0, 0.05) is 11.1 Å². The van der Waals surface area contributed by atoms with Gasteiger partial charge in [-0.3, -0.25) is 14.5 Å². The third-order valence-electron chi connectivity index (χ3n) is 5.10. The molecule has 0 aliphatic carbocycles. The molecule has 0 fully saturated rings. The number of furan rings is 1. The number of carbonyl (C=O) groups is 2. The van der Waals surface area contributed by atoms with Crippen molar-refractivity contribution in [3.8, 4) is 0 Å². The number of alkyl halides is 3. The van der Waals surface area contributed by atoms with Crippen LogP contribution in [0.5, 0.6) is 0 Å². The minimum atomic E-state index is -5.19. The number of amidine groups is 1. The predicted octanol–water partition coefficient (Wildman–Crippen LogP) is 4.07. The van der Waals surface area contributed by atoms with Crippen LogP contribution in [0.15, 0.2) is 82.4 Å². The number of amides is 2. The molecule has 4 rings (SSSR count). The average Bonchev–Trinajstić information content (AvgIpc) is 3.37. The Hall–Kier alpha value is -3.88. The van der Waals surface area contributed by atoms with Gasteiger partial charge >= 0.3 is 11.8 Å². The van der Waals surface area contributed by atoms with Crippen LogP contribution in [-0.2, 0) is 11.3 Å². The molecule has 2 amide bonds. The van der Waals surface area contributed by atoms with E-state index in [4.69, 9.17) is 4.42 Å². The van der Waals surface area contributed by atoms with Crippen LogP contribution in [0.4, 0.5) is 13.2 Å². The Kier molecular flexibility index (Phi) is 5.33. The third-order valence-corrected chi connectivity index (χ3v) is 5.10. The lowest BCUT2D eigenvalue weighted by molar-refractivity contribution is -0.196. The lowest BCUT2D eigenvalue weighted by atomic mass is 10.1. The maximum Gasteiger partial charge on any atom is 0.442 e. The van der Waals surface area contributed by atoms with Crippen LogP contribution in [0.2, 0.25) is 0 Å². The molecular formula is C23H18F3N3O3. The lowest BCUT2D eigenvalue weighted by Crippen LogP contribution is -2.63. The van der Waals surface area contributed by atoms with Gasteiger partial charge in [-0.05, 0) is 30.7 Å². The molecule has 2 heterocycles. The average molecular weight is 441 g/mol. The molecule has 1 N–H and O–H groups in total. The summed E-state index contributed by atoms with van der Waals surface area (Å²) >= 11 is 0. The first-order valence-electron chi connectivity index (χ1n) is 9.67. The van der Waals surface area contributed by atoms with Crippen molar-refractivity contribution in [1.29, 1.82) is 0 Å². The van der Waals surface area contributed by atoms with Crippen molar-refractivity contribution in [2.45, 2.75) is 25.3 Å². The van der Waals surface area contributed by atoms with Gasteiger partial charge in [-0.2, -0.15) is 13.2 Å². The number of hydrogen-bond donors (Lipinski definition) is 1. The third kappa shape index (κ3) is 3.66. The summed E-state index contributed by atoms with van der Waals surface area (Å²) in [6.45, 7) is 1.31. The van der Waals surface area contributed by atoms with Gasteiger partial charge < -0.3 is 9.73 Å². The van der Waals surface area contributed by atoms with E-state index >= 15 is 0 Å². The summed E-state index contributed by atoms with van der Waals surface area (Å²) in [5.74, 6) is -2.41. The SMILES string of the molecule is Cc1ccccc1C(=O)NC1(C(F)(F)F)N=C(c2ccccc2)N(Cc2ccco2)C1=O. The van der Waals surface area contributed by atoms with Gasteiger partial charge in [0.1, 0.15) is 11.6 Å². The van der Waals surface area contributed by atoms with Crippen LogP contribution in [0.25, 0.3) is 0 Å². The Labute approximate surface area is 181 Å². The summed E-state index contributed by atoms with van der Waals surface area (Å²) < 4.78 is 48.4. The molecule has 0 spiro atoms. The number of benzene rings is 2. The number of hydrogen-bond acceptors (Lipinski definition) is 4. The minimum Gasteiger partial charge on any atom is -0.467 e. The van der Waals surface area contributed by atoms with Crippen molar-refractivity contribution in [2.24, 2.45) is 4.99 Å². The van der Waals surface area contributed by atoms with Gasteiger partial charge in [0.15, 0.2) is 0 Å². The van der Waals surface area contributed by atoms with Crippen molar-refractivity contribution in [3.05, 3.63) is 95.4 Å². The molecule has 0 saturated carbocycles.